The molecule has 1 aromatic rings. The highest BCUT2D eigenvalue weighted by molar-refractivity contribution is 5.85. The highest BCUT2D eigenvalue weighted by Gasteiger charge is 2.62. The zero-order valence-electron chi connectivity index (χ0n) is 21.6. The summed E-state index contributed by atoms with van der Waals surface area (Å²) in [7, 11) is 4.77. The summed E-state index contributed by atoms with van der Waals surface area (Å²) < 4.78 is 16.6. The Balaban J connectivity index is 1.47. The average Bonchev–Trinajstić information content (AvgIpc) is 3.20. The van der Waals surface area contributed by atoms with Crippen LogP contribution in [0.4, 0.5) is 0 Å². The Kier molecular flexibility index (Phi) is 5.96. The number of carboxylic acid groups (broad SMARTS) is 1. The molecule has 1 unspecified atom stereocenters. The second-order valence-electron chi connectivity index (χ2n) is 11.7. The van der Waals surface area contributed by atoms with Crippen LogP contribution in [0.25, 0.3) is 0 Å². The molecule has 7 heteroatoms. The number of piperidine rings is 1. The number of benzene rings is 1. The van der Waals surface area contributed by atoms with Crippen LogP contribution in [0.15, 0.2) is 12.1 Å². The zero-order valence-corrected chi connectivity index (χ0v) is 21.6. The summed E-state index contributed by atoms with van der Waals surface area (Å²) in [6.07, 6.45) is 6.62. The zero-order chi connectivity index (χ0) is 25.1. The lowest BCUT2D eigenvalue weighted by Crippen LogP contribution is -2.62. The number of carbonyl (C=O) groups excluding carboxylic acids is 1. The maximum atomic E-state index is 13.4. The van der Waals surface area contributed by atoms with E-state index >= 15 is 0 Å². The Bertz CT molecular complexity index is 1000. The fourth-order valence-electron chi connectivity index (χ4n) is 8.77. The van der Waals surface area contributed by atoms with Gasteiger partial charge in [0.1, 0.15) is 0 Å². The van der Waals surface area contributed by atoms with Gasteiger partial charge in [-0.25, -0.2) is 0 Å². The minimum Gasteiger partial charge on any atom is -0.493 e. The van der Waals surface area contributed by atoms with Gasteiger partial charge in [-0.2, -0.15) is 0 Å². The number of nitrogens with one attached hydrogen (secondary N) is 1. The van der Waals surface area contributed by atoms with E-state index in [9.17, 15) is 14.7 Å². The average molecular weight is 486 g/mol. The Morgan fingerprint density at radius 1 is 0.943 bits per heavy atom. The largest absolute Gasteiger partial charge is 0.493 e. The Hall–Kier alpha value is -2.44. The van der Waals surface area contributed by atoms with Crippen molar-refractivity contribution < 1.29 is 28.9 Å². The molecule has 0 bridgehead atoms. The molecule has 2 N–H and O–H groups in total. The highest BCUT2D eigenvalue weighted by Crippen LogP contribution is 2.66. The molecule has 4 aliphatic rings. The van der Waals surface area contributed by atoms with Crippen LogP contribution < -0.4 is 19.5 Å². The molecule has 1 heterocycles. The van der Waals surface area contributed by atoms with Crippen LogP contribution in [-0.2, 0) is 9.59 Å². The minimum absolute atomic E-state index is 0.0372. The molecule has 1 aromatic carbocycles. The lowest BCUT2D eigenvalue weighted by molar-refractivity contribution is -0.153. The van der Waals surface area contributed by atoms with Gasteiger partial charge in [0.25, 0.3) is 0 Å². The van der Waals surface area contributed by atoms with Gasteiger partial charge >= 0.3 is 5.97 Å². The van der Waals surface area contributed by atoms with Gasteiger partial charge in [-0.1, -0.05) is 13.8 Å². The molecule has 3 saturated carbocycles. The number of hydrogen-bond acceptors (Lipinski definition) is 5. The quantitative estimate of drug-likeness (QED) is 0.632. The summed E-state index contributed by atoms with van der Waals surface area (Å²) in [5.74, 6) is 2.02. The molecule has 7 nitrogen and oxygen atoms in total. The molecule has 192 valence electrons. The van der Waals surface area contributed by atoms with Crippen LogP contribution in [0.1, 0.15) is 70.3 Å². The van der Waals surface area contributed by atoms with E-state index in [2.05, 4.69) is 19.2 Å². The van der Waals surface area contributed by atoms with Crippen molar-refractivity contribution in [1.29, 1.82) is 0 Å². The molecule has 1 saturated heterocycles. The molecule has 1 amide bonds. The molecule has 8 atom stereocenters. The molecule has 4 fully saturated rings. The second-order valence-corrected chi connectivity index (χ2v) is 11.7. The van der Waals surface area contributed by atoms with Gasteiger partial charge in [-0.15, -0.1) is 0 Å². The molecule has 3 aliphatic carbocycles. The molecule has 5 rings (SSSR count). The van der Waals surface area contributed by atoms with E-state index in [1.54, 1.807) is 21.3 Å². The van der Waals surface area contributed by atoms with E-state index in [0.717, 1.165) is 50.5 Å². The number of ether oxygens (including phenoxy) is 3. The topological polar surface area (TPSA) is 94.1 Å². The molecular formula is C28H39NO6. The lowest BCUT2D eigenvalue weighted by Gasteiger charge is -2.60. The van der Waals surface area contributed by atoms with E-state index in [0.29, 0.717) is 35.0 Å². The second kappa shape index (κ2) is 8.59. The van der Waals surface area contributed by atoms with Gasteiger partial charge in [0.15, 0.2) is 11.5 Å². The molecule has 0 aromatic heterocycles. The van der Waals surface area contributed by atoms with Gasteiger partial charge in [0, 0.05) is 6.04 Å². The van der Waals surface area contributed by atoms with Crippen LogP contribution in [0.3, 0.4) is 0 Å². The van der Waals surface area contributed by atoms with Gasteiger partial charge in [0.05, 0.1) is 33.2 Å². The summed E-state index contributed by atoms with van der Waals surface area (Å²) in [4.78, 5) is 25.4. The van der Waals surface area contributed by atoms with Crippen molar-refractivity contribution in [2.45, 2.75) is 70.8 Å². The monoisotopic (exact) mass is 485 g/mol. The van der Waals surface area contributed by atoms with E-state index in [4.69, 9.17) is 14.2 Å². The smallest absolute Gasteiger partial charge is 0.307 e. The van der Waals surface area contributed by atoms with Crippen molar-refractivity contribution in [3.05, 3.63) is 17.7 Å². The van der Waals surface area contributed by atoms with Crippen LogP contribution in [0, 0.1) is 34.5 Å². The van der Waals surface area contributed by atoms with Crippen molar-refractivity contribution >= 4 is 11.9 Å². The third-order valence-corrected chi connectivity index (χ3v) is 10.5. The molecule has 0 spiro atoms. The summed E-state index contributed by atoms with van der Waals surface area (Å²) in [6.45, 7) is 4.60. The van der Waals surface area contributed by atoms with Crippen LogP contribution in [0.5, 0.6) is 17.2 Å². The number of fused-ring (bicyclic) bond motifs is 5. The number of carboxylic acids is 1. The van der Waals surface area contributed by atoms with Gasteiger partial charge in [0.2, 0.25) is 11.7 Å². The minimum atomic E-state index is -0.624. The summed E-state index contributed by atoms with van der Waals surface area (Å²) in [5.41, 5.74) is 0.737. The predicted molar refractivity (Wildman–Crippen MR) is 131 cm³/mol. The molecular weight excluding hydrogens is 446 g/mol. The number of aliphatic carboxylic acids is 1. The van der Waals surface area contributed by atoms with E-state index in [1.165, 1.54) is 0 Å². The number of amides is 1. The number of carbonyl (C=O) groups is 2. The summed E-state index contributed by atoms with van der Waals surface area (Å²) >= 11 is 0. The Morgan fingerprint density at radius 2 is 1.60 bits per heavy atom. The van der Waals surface area contributed by atoms with Crippen LogP contribution >= 0.6 is 0 Å². The van der Waals surface area contributed by atoms with Crippen molar-refractivity contribution in [3.8, 4) is 17.2 Å². The maximum absolute atomic E-state index is 13.4. The maximum Gasteiger partial charge on any atom is 0.307 e. The van der Waals surface area contributed by atoms with Crippen molar-refractivity contribution in [1.82, 2.24) is 5.32 Å². The molecule has 0 radical (unpaired) electrons. The normalized spacial score (nSPS) is 40.1. The summed E-state index contributed by atoms with van der Waals surface area (Å²) in [6, 6.07) is 3.97. The predicted octanol–water partition coefficient (Wildman–Crippen LogP) is 4.63. The first kappa shape index (κ1) is 24.3. The lowest BCUT2D eigenvalue weighted by atomic mass is 9.46. The first-order chi connectivity index (χ1) is 16.7. The SMILES string of the molecule is COc1cc(C2C[C@@]3(C)[C@@H](CC[C@@H]4[C@@H]3CC[C@]3(C)[C@@H](C(=O)O)CC[C@@H]43)NC2=O)cc(OC)c1OC. The van der Waals surface area contributed by atoms with Gasteiger partial charge < -0.3 is 24.6 Å². The first-order valence-corrected chi connectivity index (χ1v) is 13.0. The Morgan fingerprint density at radius 3 is 2.20 bits per heavy atom. The standard InChI is InChI=1S/C28H39NO6/c1-27-11-10-19-16(18(27)7-8-20(27)26(31)32)6-9-23-28(19,2)14-17(25(30)29-23)15-12-21(33-3)24(35-5)22(13-15)34-4/h12-13,16-20,23H,6-11,14H2,1-5H3,(H,29,30)(H,31,32)/t16-,17?,18-,19-,20+,23+,27-,28+/m0/s1. The van der Waals surface area contributed by atoms with Crippen molar-refractivity contribution in [3.63, 3.8) is 0 Å². The number of rotatable bonds is 5. The number of methoxy groups -OCH3 is 3. The molecule has 1 aliphatic heterocycles. The third-order valence-electron chi connectivity index (χ3n) is 10.5. The van der Waals surface area contributed by atoms with Crippen molar-refractivity contribution in [2.24, 2.45) is 34.5 Å². The highest BCUT2D eigenvalue weighted by atomic mass is 16.5. The Labute approximate surface area is 207 Å². The van der Waals surface area contributed by atoms with Crippen LogP contribution in [0.2, 0.25) is 0 Å². The fourth-order valence-corrected chi connectivity index (χ4v) is 8.77. The first-order valence-electron chi connectivity index (χ1n) is 13.0. The van der Waals surface area contributed by atoms with E-state index < -0.39 is 5.97 Å². The van der Waals surface area contributed by atoms with E-state index in [-0.39, 0.29) is 34.6 Å². The third kappa shape index (κ3) is 3.52. The summed E-state index contributed by atoms with van der Waals surface area (Å²) in [5, 5.41) is 13.3. The fraction of sp³-hybridized carbons (Fsp3) is 0.714. The van der Waals surface area contributed by atoms with E-state index in [1.807, 2.05) is 12.1 Å². The van der Waals surface area contributed by atoms with Gasteiger partial charge in [-0.05, 0) is 91.2 Å². The molecule has 35 heavy (non-hydrogen) atoms. The van der Waals surface area contributed by atoms with Crippen LogP contribution in [-0.4, -0.2) is 44.4 Å². The van der Waals surface area contributed by atoms with Gasteiger partial charge in [-0.3, -0.25) is 9.59 Å². The number of hydrogen-bond donors (Lipinski definition) is 2. The van der Waals surface area contributed by atoms with Crippen molar-refractivity contribution in [2.75, 3.05) is 21.3 Å².